The Kier molecular flexibility index (Phi) is 3.07. The van der Waals surface area contributed by atoms with Crippen LogP contribution in [0, 0.1) is 6.92 Å². The van der Waals surface area contributed by atoms with Crippen molar-refractivity contribution in [2.75, 3.05) is 0 Å². The molecular formula is C11H16N2. The molecule has 0 saturated heterocycles. The smallest absolute Gasteiger partial charge is 0.0722 e. The van der Waals surface area contributed by atoms with E-state index in [9.17, 15) is 0 Å². The van der Waals surface area contributed by atoms with E-state index in [0.717, 1.165) is 11.4 Å². The number of hydrogen-bond acceptors (Lipinski definition) is 1. The molecule has 0 atom stereocenters. The zero-order chi connectivity index (χ0) is 9.84. The van der Waals surface area contributed by atoms with Crippen LogP contribution in [0.15, 0.2) is 18.7 Å². The molecule has 1 aromatic rings. The van der Waals surface area contributed by atoms with Crippen LogP contribution in [-0.2, 0) is 0 Å². The van der Waals surface area contributed by atoms with Crippen molar-refractivity contribution in [1.82, 2.24) is 10.2 Å². The molecule has 0 saturated carbocycles. The highest BCUT2D eigenvalue weighted by molar-refractivity contribution is 5.56. The van der Waals surface area contributed by atoms with Crippen molar-refractivity contribution >= 4 is 6.08 Å². The van der Waals surface area contributed by atoms with Crippen molar-refractivity contribution in [1.29, 1.82) is 0 Å². The molecule has 0 spiro atoms. The van der Waals surface area contributed by atoms with Gasteiger partial charge in [-0.05, 0) is 12.8 Å². The number of allylic oxidation sites excluding steroid dienone is 2. The first-order chi connectivity index (χ1) is 6.16. The van der Waals surface area contributed by atoms with Gasteiger partial charge in [0.05, 0.1) is 5.69 Å². The van der Waals surface area contributed by atoms with Crippen molar-refractivity contribution in [3.8, 4) is 0 Å². The second-order valence-electron chi connectivity index (χ2n) is 3.40. The number of aromatic nitrogens is 2. The van der Waals surface area contributed by atoms with E-state index in [1.54, 1.807) is 6.08 Å². The van der Waals surface area contributed by atoms with E-state index < -0.39 is 0 Å². The molecule has 2 nitrogen and oxygen atoms in total. The normalized spacial score (nSPS) is 11.4. The summed E-state index contributed by atoms with van der Waals surface area (Å²) in [7, 11) is 0. The predicted molar refractivity (Wildman–Crippen MR) is 56.6 cm³/mol. The van der Waals surface area contributed by atoms with Crippen LogP contribution in [0.25, 0.3) is 6.08 Å². The second-order valence-corrected chi connectivity index (χ2v) is 3.40. The van der Waals surface area contributed by atoms with E-state index in [1.807, 2.05) is 19.1 Å². The molecule has 70 valence electrons. The maximum Gasteiger partial charge on any atom is 0.0722 e. The van der Waals surface area contributed by atoms with E-state index in [-0.39, 0.29) is 0 Å². The lowest BCUT2D eigenvalue weighted by atomic mass is 10.0. The largest absolute Gasteiger partial charge is 0.282 e. The number of H-pyrrole nitrogens is 1. The molecule has 0 radical (unpaired) electrons. The Morgan fingerprint density at radius 2 is 2.15 bits per heavy atom. The zero-order valence-electron chi connectivity index (χ0n) is 8.46. The van der Waals surface area contributed by atoms with Crippen molar-refractivity contribution in [3.05, 3.63) is 35.7 Å². The summed E-state index contributed by atoms with van der Waals surface area (Å²) < 4.78 is 0. The number of nitrogens with zero attached hydrogens (tertiary/aromatic N) is 1. The van der Waals surface area contributed by atoms with Crippen LogP contribution in [0.2, 0.25) is 0 Å². The molecule has 13 heavy (non-hydrogen) atoms. The Bertz CT molecular complexity index is 319. The SMILES string of the molecule is C=C/C=C\c1c(C(C)C)n[nH]c1C. The number of rotatable bonds is 3. The van der Waals surface area contributed by atoms with E-state index in [2.05, 4.69) is 30.6 Å². The van der Waals surface area contributed by atoms with Gasteiger partial charge in [-0.1, -0.05) is 38.7 Å². The maximum atomic E-state index is 4.26. The summed E-state index contributed by atoms with van der Waals surface area (Å²) >= 11 is 0. The average molecular weight is 176 g/mol. The van der Waals surface area contributed by atoms with Crippen LogP contribution >= 0.6 is 0 Å². The lowest BCUT2D eigenvalue weighted by molar-refractivity contribution is 0.808. The first-order valence-electron chi connectivity index (χ1n) is 4.50. The fourth-order valence-electron chi connectivity index (χ4n) is 1.27. The van der Waals surface area contributed by atoms with Crippen LogP contribution < -0.4 is 0 Å². The summed E-state index contributed by atoms with van der Waals surface area (Å²) in [6, 6.07) is 0. The Morgan fingerprint density at radius 3 is 2.69 bits per heavy atom. The van der Waals surface area contributed by atoms with E-state index in [0.29, 0.717) is 5.92 Å². The van der Waals surface area contributed by atoms with Gasteiger partial charge in [0.1, 0.15) is 0 Å². The number of hydrogen-bond donors (Lipinski definition) is 1. The monoisotopic (exact) mass is 176 g/mol. The van der Waals surface area contributed by atoms with Gasteiger partial charge in [-0.25, -0.2) is 0 Å². The van der Waals surface area contributed by atoms with Crippen LogP contribution in [0.5, 0.6) is 0 Å². The number of aromatic amines is 1. The highest BCUT2D eigenvalue weighted by Crippen LogP contribution is 2.20. The van der Waals surface area contributed by atoms with Gasteiger partial charge in [-0.15, -0.1) is 0 Å². The molecule has 0 amide bonds. The second kappa shape index (κ2) is 4.08. The molecular weight excluding hydrogens is 160 g/mol. The quantitative estimate of drug-likeness (QED) is 0.704. The topological polar surface area (TPSA) is 28.7 Å². The molecule has 0 aliphatic carbocycles. The van der Waals surface area contributed by atoms with Crippen molar-refractivity contribution in [2.45, 2.75) is 26.7 Å². The molecule has 1 rings (SSSR count). The highest BCUT2D eigenvalue weighted by Gasteiger charge is 2.09. The molecule has 0 aromatic carbocycles. The lowest BCUT2D eigenvalue weighted by Gasteiger charge is -2.01. The van der Waals surface area contributed by atoms with Gasteiger partial charge in [0.15, 0.2) is 0 Å². The van der Waals surface area contributed by atoms with E-state index in [4.69, 9.17) is 0 Å². The van der Waals surface area contributed by atoms with Gasteiger partial charge in [-0.3, -0.25) is 5.10 Å². The van der Waals surface area contributed by atoms with E-state index in [1.165, 1.54) is 5.56 Å². The molecule has 0 unspecified atom stereocenters. The molecule has 1 aromatic heterocycles. The summed E-state index contributed by atoms with van der Waals surface area (Å²) in [5.41, 5.74) is 3.42. The van der Waals surface area contributed by atoms with Crippen LogP contribution in [0.4, 0.5) is 0 Å². The minimum Gasteiger partial charge on any atom is -0.282 e. The van der Waals surface area contributed by atoms with Crippen molar-refractivity contribution in [3.63, 3.8) is 0 Å². The van der Waals surface area contributed by atoms with Crippen molar-refractivity contribution in [2.24, 2.45) is 0 Å². The van der Waals surface area contributed by atoms with Gasteiger partial charge >= 0.3 is 0 Å². The maximum absolute atomic E-state index is 4.26. The lowest BCUT2D eigenvalue weighted by Crippen LogP contribution is -1.90. The number of aryl methyl sites for hydroxylation is 1. The Hall–Kier alpha value is -1.31. The summed E-state index contributed by atoms with van der Waals surface area (Å²) in [4.78, 5) is 0. The van der Waals surface area contributed by atoms with Gasteiger partial charge in [-0.2, -0.15) is 5.10 Å². The van der Waals surface area contributed by atoms with Crippen LogP contribution in [0.1, 0.15) is 36.7 Å². The summed E-state index contributed by atoms with van der Waals surface area (Å²) in [5, 5.41) is 7.25. The molecule has 2 heteroatoms. The minimum absolute atomic E-state index is 0.453. The summed E-state index contributed by atoms with van der Waals surface area (Å²) in [6.45, 7) is 9.96. The van der Waals surface area contributed by atoms with Gasteiger partial charge in [0.25, 0.3) is 0 Å². The van der Waals surface area contributed by atoms with Crippen LogP contribution in [-0.4, -0.2) is 10.2 Å². The Morgan fingerprint density at radius 1 is 1.46 bits per heavy atom. The molecule has 0 aliphatic heterocycles. The molecule has 0 fully saturated rings. The fourth-order valence-corrected chi connectivity index (χ4v) is 1.27. The van der Waals surface area contributed by atoms with Crippen LogP contribution in [0.3, 0.4) is 0 Å². The first-order valence-corrected chi connectivity index (χ1v) is 4.50. The molecule has 1 N–H and O–H groups in total. The molecule has 0 bridgehead atoms. The average Bonchev–Trinajstić information content (AvgIpc) is 2.43. The highest BCUT2D eigenvalue weighted by atomic mass is 15.1. The van der Waals surface area contributed by atoms with E-state index >= 15 is 0 Å². The standard InChI is InChI=1S/C11H16N2/c1-5-6-7-10-9(4)12-13-11(10)8(2)3/h5-8H,1H2,2-4H3,(H,12,13)/b7-6-. The summed E-state index contributed by atoms with van der Waals surface area (Å²) in [6.07, 6.45) is 5.75. The molecule has 1 heterocycles. The summed E-state index contributed by atoms with van der Waals surface area (Å²) in [5.74, 6) is 0.453. The van der Waals surface area contributed by atoms with Gasteiger partial charge in [0.2, 0.25) is 0 Å². The Labute approximate surface area is 79.4 Å². The van der Waals surface area contributed by atoms with Gasteiger partial charge < -0.3 is 0 Å². The van der Waals surface area contributed by atoms with Crippen molar-refractivity contribution < 1.29 is 0 Å². The third-order valence-corrected chi connectivity index (χ3v) is 1.97. The number of nitrogens with one attached hydrogen (secondary N) is 1. The fraction of sp³-hybridized carbons (Fsp3) is 0.364. The predicted octanol–water partition coefficient (Wildman–Crippen LogP) is 3.04. The zero-order valence-corrected chi connectivity index (χ0v) is 8.46. The third kappa shape index (κ3) is 2.08. The first kappa shape index (κ1) is 9.78. The molecule has 0 aliphatic rings. The third-order valence-electron chi connectivity index (χ3n) is 1.97. The minimum atomic E-state index is 0.453. The Balaban J connectivity index is 3.08. The van der Waals surface area contributed by atoms with Gasteiger partial charge in [0, 0.05) is 11.3 Å².